The number of cyclic esters (lactones) is 1. The Morgan fingerprint density at radius 2 is 1.94 bits per heavy atom. The molecule has 36 heavy (non-hydrogen) atoms. The topological polar surface area (TPSA) is 109 Å². The summed E-state index contributed by atoms with van der Waals surface area (Å²) in [5, 5.41) is 25.0. The number of ether oxygens (including phenoxy) is 1. The molecule has 3 rings (SSSR count). The number of nitrogens with zero attached hydrogens (tertiary/aromatic N) is 2. The second-order valence-corrected chi connectivity index (χ2v) is 9.78. The molecule has 2 N–H and O–H groups in total. The molecule has 9 heteroatoms. The monoisotopic (exact) mass is 520 g/mol. The Morgan fingerprint density at radius 3 is 2.69 bits per heavy atom. The van der Waals surface area contributed by atoms with Crippen molar-refractivity contribution in [3.8, 4) is 11.5 Å². The number of carbonyl (C=O) groups excluding carboxylic acids is 2. The van der Waals surface area contributed by atoms with Crippen molar-refractivity contribution in [2.24, 2.45) is 5.16 Å². The van der Waals surface area contributed by atoms with Gasteiger partial charge in [-0.15, -0.1) is 0 Å². The Labute approximate surface area is 217 Å². The van der Waals surface area contributed by atoms with Crippen molar-refractivity contribution in [1.29, 1.82) is 0 Å². The lowest BCUT2D eigenvalue weighted by Gasteiger charge is -2.26. The van der Waals surface area contributed by atoms with Crippen LogP contribution >= 0.6 is 11.6 Å². The van der Waals surface area contributed by atoms with Crippen molar-refractivity contribution >= 4 is 29.2 Å². The van der Waals surface area contributed by atoms with Crippen molar-refractivity contribution in [3.63, 3.8) is 0 Å². The first-order valence-corrected chi connectivity index (χ1v) is 13.3. The Kier molecular flexibility index (Phi) is 10.9. The quantitative estimate of drug-likeness (QED) is 0.300. The highest BCUT2D eigenvalue weighted by atomic mass is 35.5. The number of piperidine rings is 1. The number of carbonyl (C=O) groups is 2. The molecular formula is C27H37ClN2O6. The molecule has 1 amide bonds. The molecule has 1 aromatic carbocycles. The number of hydrogen-bond acceptors (Lipinski definition) is 7. The number of amides is 1. The van der Waals surface area contributed by atoms with Crippen molar-refractivity contribution in [2.75, 3.05) is 19.7 Å². The van der Waals surface area contributed by atoms with Crippen molar-refractivity contribution in [2.45, 2.75) is 83.7 Å². The van der Waals surface area contributed by atoms with Gasteiger partial charge in [0.05, 0.1) is 10.7 Å². The summed E-state index contributed by atoms with van der Waals surface area (Å²) in [6, 6.07) is 1.05. The Balaban J connectivity index is 1.86. The number of fused-ring (bicyclic) bond motifs is 1. The maximum Gasteiger partial charge on any atom is 0.342 e. The number of phenolic OH excluding ortho intramolecular Hbond substituents is 2. The first kappa shape index (κ1) is 27.8. The van der Waals surface area contributed by atoms with Gasteiger partial charge in [-0.3, -0.25) is 4.79 Å². The van der Waals surface area contributed by atoms with E-state index < -0.39 is 11.7 Å². The van der Waals surface area contributed by atoms with Gasteiger partial charge >= 0.3 is 5.97 Å². The summed E-state index contributed by atoms with van der Waals surface area (Å²) in [7, 11) is 0. The van der Waals surface area contributed by atoms with E-state index in [-0.39, 0.29) is 46.9 Å². The van der Waals surface area contributed by atoms with E-state index in [0.717, 1.165) is 64.1 Å². The van der Waals surface area contributed by atoms with Crippen LogP contribution in [0.25, 0.3) is 0 Å². The molecule has 1 atom stereocenters. The molecule has 2 heterocycles. The van der Waals surface area contributed by atoms with Crippen LogP contribution in [0.4, 0.5) is 0 Å². The zero-order valence-electron chi connectivity index (χ0n) is 21.0. The summed E-state index contributed by atoms with van der Waals surface area (Å²) in [6.45, 7) is 3.31. The van der Waals surface area contributed by atoms with E-state index in [4.69, 9.17) is 21.2 Å². The molecule has 198 valence electrons. The number of allylic oxidation sites excluding steroid dienone is 1. The third-order valence-electron chi connectivity index (χ3n) is 6.53. The summed E-state index contributed by atoms with van der Waals surface area (Å²) in [4.78, 5) is 32.9. The normalized spacial score (nSPS) is 20.9. The molecule has 2 aliphatic heterocycles. The lowest BCUT2D eigenvalue weighted by Crippen LogP contribution is -2.37. The van der Waals surface area contributed by atoms with Crippen LogP contribution in [0.5, 0.6) is 11.5 Å². The zero-order valence-corrected chi connectivity index (χ0v) is 21.8. The minimum absolute atomic E-state index is 0.0455. The Hall–Kier alpha value is -2.74. The first-order chi connectivity index (χ1) is 17.4. The van der Waals surface area contributed by atoms with E-state index in [0.29, 0.717) is 25.0 Å². The average Bonchev–Trinajstić information content (AvgIpc) is 2.86. The third-order valence-corrected chi connectivity index (χ3v) is 6.95. The van der Waals surface area contributed by atoms with Crippen LogP contribution < -0.4 is 0 Å². The molecule has 0 bridgehead atoms. The fourth-order valence-electron chi connectivity index (χ4n) is 4.58. The highest BCUT2D eigenvalue weighted by Crippen LogP contribution is 2.37. The van der Waals surface area contributed by atoms with Gasteiger partial charge in [-0.05, 0) is 56.9 Å². The maximum absolute atomic E-state index is 13.2. The minimum Gasteiger partial charge on any atom is -0.507 e. The minimum atomic E-state index is -0.700. The second kappa shape index (κ2) is 14.1. The summed E-state index contributed by atoms with van der Waals surface area (Å²) >= 11 is 6.41. The van der Waals surface area contributed by atoms with E-state index in [9.17, 15) is 19.8 Å². The van der Waals surface area contributed by atoms with Crippen LogP contribution in [0.2, 0.25) is 5.02 Å². The molecule has 1 aromatic rings. The number of benzene rings is 1. The van der Waals surface area contributed by atoms with Crippen LogP contribution in [0.15, 0.2) is 23.4 Å². The van der Waals surface area contributed by atoms with Gasteiger partial charge in [0.2, 0.25) is 0 Å². The zero-order chi connectivity index (χ0) is 25.9. The number of likely N-dealkylation sites (tertiary alicyclic amines) is 1. The summed E-state index contributed by atoms with van der Waals surface area (Å²) < 4.78 is 5.74. The van der Waals surface area contributed by atoms with Gasteiger partial charge in [0.15, 0.2) is 6.61 Å². The number of phenols is 2. The number of hydrogen-bond donors (Lipinski definition) is 2. The van der Waals surface area contributed by atoms with Crippen molar-refractivity contribution in [1.82, 2.24) is 4.90 Å². The van der Waals surface area contributed by atoms with Gasteiger partial charge < -0.3 is 24.7 Å². The highest BCUT2D eigenvalue weighted by molar-refractivity contribution is 6.33. The predicted octanol–water partition coefficient (Wildman–Crippen LogP) is 5.52. The van der Waals surface area contributed by atoms with Gasteiger partial charge in [-0.25, -0.2) is 4.79 Å². The lowest BCUT2D eigenvalue weighted by molar-refractivity contribution is -0.137. The van der Waals surface area contributed by atoms with Crippen LogP contribution in [-0.4, -0.2) is 58.5 Å². The molecule has 1 saturated heterocycles. The van der Waals surface area contributed by atoms with E-state index in [1.807, 2.05) is 13.0 Å². The predicted molar refractivity (Wildman–Crippen MR) is 139 cm³/mol. The fourth-order valence-corrected chi connectivity index (χ4v) is 4.79. The lowest BCUT2D eigenvalue weighted by atomic mass is 9.97. The molecular weight excluding hydrogens is 484 g/mol. The highest BCUT2D eigenvalue weighted by Gasteiger charge is 2.27. The molecule has 0 radical (unpaired) electrons. The van der Waals surface area contributed by atoms with Crippen LogP contribution in [0.1, 0.15) is 87.1 Å². The standard InChI is InChI=1S/C27H37ClN2O6/c1-2-11-20-13-8-5-3-4-7-12-19(29-35-18-24(33)30-14-9-6-10-15-30)16-21-25(27(34)36-20)22(31)17-23(32)26(21)28/h5,8,17,20,31-32H,2-4,6-7,9-16,18H2,1H3. The van der Waals surface area contributed by atoms with Crippen LogP contribution in [-0.2, 0) is 20.8 Å². The number of halogens is 1. The average molecular weight is 521 g/mol. The third kappa shape index (κ3) is 7.88. The maximum atomic E-state index is 13.2. The molecule has 0 saturated carbocycles. The molecule has 8 nitrogen and oxygen atoms in total. The van der Waals surface area contributed by atoms with Gasteiger partial charge in [0, 0.05) is 32.0 Å². The second-order valence-electron chi connectivity index (χ2n) is 9.40. The molecule has 1 unspecified atom stereocenters. The van der Waals surface area contributed by atoms with Crippen molar-refractivity contribution < 1.29 is 29.4 Å². The first-order valence-electron chi connectivity index (χ1n) is 13.0. The molecule has 0 aromatic heterocycles. The van der Waals surface area contributed by atoms with Gasteiger partial charge in [-0.1, -0.05) is 42.3 Å². The van der Waals surface area contributed by atoms with Gasteiger partial charge in [0.25, 0.3) is 5.91 Å². The summed E-state index contributed by atoms with van der Waals surface area (Å²) in [5.41, 5.74) is 0.706. The molecule has 2 aliphatic rings. The number of rotatable bonds is 5. The fraction of sp³-hybridized carbons (Fsp3) is 0.593. The molecule has 0 spiro atoms. The smallest absolute Gasteiger partial charge is 0.342 e. The van der Waals surface area contributed by atoms with E-state index in [2.05, 4.69) is 11.2 Å². The Morgan fingerprint density at radius 1 is 1.17 bits per heavy atom. The number of esters is 1. The molecule has 1 fully saturated rings. The van der Waals surface area contributed by atoms with Crippen LogP contribution in [0.3, 0.4) is 0 Å². The van der Waals surface area contributed by atoms with Gasteiger partial charge in [-0.2, -0.15) is 0 Å². The number of oxime groups is 1. The largest absolute Gasteiger partial charge is 0.507 e. The van der Waals surface area contributed by atoms with E-state index in [1.54, 1.807) is 4.90 Å². The van der Waals surface area contributed by atoms with Gasteiger partial charge in [0.1, 0.15) is 23.2 Å². The van der Waals surface area contributed by atoms with Crippen molar-refractivity contribution in [3.05, 3.63) is 34.4 Å². The van der Waals surface area contributed by atoms with E-state index >= 15 is 0 Å². The molecule has 0 aliphatic carbocycles. The number of aromatic hydroxyl groups is 2. The Bertz CT molecular complexity index is 972. The summed E-state index contributed by atoms with van der Waals surface area (Å²) in [5.74, 6) is -1.55. The SMILES string of the molecule is CCCC1CC=CCCCCC(=NOCC(=O)N2CCCCC2)Cc2c(Cl)c(O)cc(O)c2C(=O)O1. The van der Waals surface area contributed by atoms with Crippen LogP contribution in [0, 0.1) is 0 Å². The van der Waals surface area contributed by atoms with E-state index in [1.165, 1.54) is 0 Å². The summed E-state index contributed by atoms with van der Waals surface area (Å²) in [6.07, 6.45) is 12.2.